The predicted octanol–water partition coefficient (Wildman–Crippen LogP) is 3.18. The van der Waals surface area contributed by atoms with Gasteiger partial charge in [0.15, 0.2) is 0 Å². The lowest BCUT2D eigenvalue weighted by atomic mass is 9.87. The molecule has 0 bridgehead atoms. The third-order valence-corrected chi connectivity index (χ3v) is 4.42. The van der Waals surface area contributed by atoms with Gasteiger partial charge in [-0.05, 0) is 31.0 Å². The quantitative estimate of drug-likeness (QED) is 0.664. The van der Waals surface area contributed by atoms with Crippen molar-refractivity contribution >= 4 is 0 Å². The number of fused-ring (bicyclic) bond motifs is 3. The van der Waals surface area contributed by atoms with E-state index in [1.165, 1.54) is 16.7 Å². The van der Waals surface area contributed by atoms with Crippen LogP contribution < -0.4 is 4.57 Å². The maximum atomic E-state index is 4.86. The molecule has 0 unspecified atom stereocenters. The first-order valence-corrected chi connectivity index (χ1v) is 7.75. The van der Waals surface area contributed by atoms with Crippen LogP contribution in [0.4, 0.5) is 0 Å². The minimum absolute atomic E-state index is 0.0542. The number of hydrogen-bond acceptors (Lipinski definition) is 1. The summed E-state index contributed by atoms with van der Waals surface area (Å²) in [4.78, 5) is 0. The van der Waals surface area contributed by atoms with Crippen LogP contribution in [0.25, 0.3) is 11.4 Å². The van der Waals surface area contributed by atoms with Gasteiger partial charge in [0.2, 0.25) is 6.33 Å². The maximum absolute atomic E-state index is 4.86. The molecular weight excluding hydrogens is 270 g/mol. The minimum atomic E-state index is 0.0542. The molecule has 0 N–H and O–H groups in total. The summed E-state index contributed by atoms with van der Waals surface area (Å²) in [5, 5.41) is 4.86. The van der Waals surface area contributed by atoms with E-state index in [0.29, 0.717) is 0 Å². The molecule has 0 atom stereocenters. The van der Waals surface area contributed by atoms with Crippen LogP contribution in [0.5, 0.6) is 0 Å². The van der Waals surface area contributed by atoms with Crippen molar-refractivity contribution in [1.29, 1.82) is 0 Å². The second-order valence-corrected chi connectivity index (χ2v) is 6.64. The molecule has 3 heteroatoms. The van der Waals surface area contributed by atoms with E-state index in [0.717, 1.165) is 18.8 Å². The topological polar surface area (TPSA) is 21.7 Å². The van der Waals surface area contributed by atoms with Gasteiger partial charge >= 0.3 is 5.82 Å². The van der Waals surface area contributed by atoms with E-state index in [2.05, 4.69) is 78.0 Å². The predicted molar refractivity (Wildman–Crippen MR) is 86.4 cm³/mol. The summed E-state index contributed by atoms with van der Waals surface area (Å²) >= 11 is 0. The Morgan fingerprint density at radius 1 is 1.05 bits per heavy atom. The Morgan fingerprint density at radius 2 is 1.77 bits per heavy atom. The van der Waals surface area contributed by atoms with Gasteiger partial charge in [-0.3, -0.25) is 0 Å². The summed E-state index contributed by atoms with van der Waals surface area (Å²) in [7, 11) is 0. The highest BCUT2D eigenvalue weighted by molar-refractivity contribution is 5.58. The Hall–Kier alpha value is -2.42. The minimum Gasteiger partial charge on any atom is -0.225 e. The highest BCUT2D eigenvalue weighted by Crippen LogP contribution is 2.30. The highest BCUT2D eigenvalue weighted by atomic mass is 15.4. The van der Waals surface area contributed by atoms with Gasteiger partial charge in [0.25, 0.3) is 0 Å². The lowest BCUT2D eigenvalue weighted by Crippen LogP contribution is -2.56. The normalized spacial score (nSPS) is 15.2. The van der Waals surface area contributed by atoms with Gasteiger partial charge in [0.05, 0.1) is 11.1 Å². The zero-order chi connectivity index (χ0) is 15.2. The van der Waals surface area contributed by atoms with Gasteiger partial charge in [0.1, 0.15) is 6.54 Å². The van der Waals surface area contributed by atoms with Crippen LogP contribution in [0.2, 0.25) is 0 Å². The molecule has 1 aliphatic rings. The van der Waals surface area contributed by atoms with Gasteiger partial charge < -0.3 is 0 Å². The van der Waals surface area contributed by atoms with Crippen molar-refractivity contribution in [2.24, 2.45) is 0 Å². The fourth-order valence-electron chi connectivity index (χ4n) is 3.30. The lowest BCUT2D eigenvalue weighted by Gasteiger charge is -2.28. The Kier molecular flexibility index (Phi) is 2.89. The van der Waals surface area contributed by atoms with E-state index in [-0.39, 0.29) is 5.54 Å². The van der Waals surface area contributed by atoms with Crippen LogP contribution in [0.15, 0.2) is 60.9 Å². The van der Waals surface area contributed by atoms with E-state index in [4.69, 9.17) is 5.10 Å². The first kappa shape index (κ1) is 13.3. The SMILES string of the molecule is CC1(C)Cc2ccccc2-c2nn(Cc3ccccc3)c[n+]21. The molecule has 0 saturated carbocycles. The number of rotatable bonds is 2. The Bertz CT molecular complexity index is 816. The van der Waals surface area contributed by atoms with Crippen molar-refractivity contribution in [2.45, 2.75) is 32.4 Å². The Morgan fingerprint density at radius 3 is 2.59 bits per heavy atom. The van der Waals surface area contributed by atoms with E-state index in [1.807, 2.05) is 6.07 Å². The molecule has 1 aromatic heterocycles. The summed E-state index contributed by atoms with van der Waals surface area (Å²) in [5.41, 5.74) is 3.97. The second-order valence-electron chi connectivity index (χ2n) is 6.64. The molecule has 2 heterocycles. The molecule has 0 radical (unpaired) electrons. The van der Waals surface area contributed by atoms with Crippen LogP contribution in [-0.2, 0) is 18.5 Å². The van der Waals surface area contributed by atoms with E-state index >= 15 is 0 Å². The standard InChI is InChI=1S/C19H20N3/c1-19(2)12-16-10-6-7-11-17(16)18-20-21(14-22(18)19)13-15-8-4-3-5-9-15/h3-11,14H,12-13H2,1-2H3/q+1. The summed E-state index contributed by atoms with van der Waals surface area (Å²) in [6.45, 7) is 5.36. The molecule has 4 rings (SSSR count). The average Bonchev–Trinajstić information content (AvgIpc) is 2.93. The van der Waals surface area contributed by atoms with Crippen molar-refractivity contribution < 1.29 is 4.57 Å². The van der Waals surface area contributed by atoms with Crippen molar-refractivity contribution in [3.05, 3.63) is 72.1 Å². The maximum Gasteiger partial charge on any atom is 0.309 e. The molecule has 3 nitrogen and oxygen atoms in total. The Labute approximate surface area is 130 Å². The molecule has 0 saturated heterocycles. The summed E-state index contributed by atoms with van der Waals surface area (Å²) < 4.78 is 4.37. The number of benzene rings is 2. The second kappa shape index (κ2) is 4.80. The fourth-order valence-corrected chi connectivity index (χ4v) is 3.30. The zero-order valence-electron chi connectivity index (χ0n) is 13.0. The Balaban J connectivity index is 1.80. The van der Waals surface area contributed by atoms with Gasteiger partial charge in [-0.2, -0.15) is 0 Å². The van der Waals surface area contributed by atoms with E-state index < -0.39 is 0 Å². The van der Waals surface area contributed by atoms with Crippen LogP contribution in [0, 0.1) is 0 Å². The number of nitrogens with zero attached hydrogens (tertiary/aromatic N) is 3. The lowest BCUT2D eigenvalue weighted by molar-refractivity contribution is -0.750. The summed E-state index contributed by atoms with van der Waals surface area (Å²) in [5.74, 6) is 1.07. The third-order valence-electron chi connectivity index (χ3n) is 4.42. The fraction of sp³-hybridized carbons (Fsp3) is 0.263. The molecule has 2 aromatic carbocycles. The summed E-state index contributed by atoms with van der Waals surface area (Å²) in [6, 6.07) is 19.1. The monoisotopic (exact) mass is 290 g/mol. The molecule has 0 spiro atoms. The van der Waals surface area contributed by atoms with Gasteiger partial charge in [-0.1, -0.05) is 48.5 Å². The van der Waals surface area contributed by atoms with Gasteiger partial charge in [-0.25, -0.2) is 4.57 Å². The van der Waals surface area contributed by atoms with Gasteiger partial charge in [0, 0.05) is 11.5 Å². The van der Waals surface area contributed by atoms with E-state index in [9.17, 15) is 0 Å². The largest absolute Gasteiger partial charge is 0.309 e. The molecule has 110 valence electrons. The number of hydrogen-bond donors (Lipinski definition) is 0. The molecule has 0 amide bonds. The third kappa shape index (κ3) is 2.13. The van der Waals surface area contributed by atoms with Crippen LogP contribution in [0.3, 0.4) is 0 Å². The number of aromatic nitrogens is 3. The smallest absolute Gasteiger partial charge is 0.225 e. The molecule has 1 aliphatic heterocycles. The van der Waals surface area contributed by atoms with Crippen molar-refractivity contribution in [1.82, 2.24) is 9.78 Å². The molecular formula is C19H20N3+. The van der Waals surface area contributed by atoms with Crippen LogP contribution >= 0.6 is 0 Å². The molecule has 22 heavy (non-hydrogen) atoms. The van der Waals surface area contributed by atoms with Crippen molar-refractivity contribution in [3.8, 4) is 11.4 Å². The van der Waals surface area contributed by atoms with Crippen molar-refractivity contribution in [3.63, 3.8) is 0 Å². The van der Waals surface area contributed by atoms with Crippen molar-refractivity contribution in [2.75, 3.05) is 0 Å². The first-order chi connectivity index (χ1) is 10.6. The van der Waals surface area contributed by atoms with Gasteiger partial charge in [-0.15, -0.1) is 4.68 Å². The van der Waals surface area contributed by atoms with Crippen LogP contribution in [-0.4, -0.2) is 9.78 Å². The van der Waals surface area contributed by atoms with Crippen LogP contribution in [0.1, 0.15) is 25.0 Å². The van der Waals surface area contributed by atoms with E-state index in [1.54, 1.807) is 0 Å². The molecule has 0 aliphatic carbocycles. The zero-order valence-corrected chi connectivity index (χ0v) is 13.0. The highest BCUT2D eigenvalue weighted by Gasteiger charge is 2.37. The molecule has 3 aromatic rings. The average molecular weight is 290 g/mol. The first-order valence-electron chi connectivity index (χ1n) is 7.75. The molecule has 0 fully saturated rings. The summed E-state index contributed by atoms with van der Waals surface area (Å²) in [6.07, 6.45) is 3.19.